The summed E-state index contributed by atoms with van der Waals surface area (Å²) in [5.74, 6) is -0.0499. The summed E-state index contributed by atoms with van der Waals surface area (Å²) in [6.07, 6.45) is 1.89. The van der Waals surface area contributed by atoms with E-state index in [2.05, 4.69) is 27.9 Å². The van der Waals surface area contributed by atoms with Crippen molar-refractivity contribution in [2.45, 2.75) is 45.7 Å². The van der Waals surface area contributed by atoms with Gasteiger partial charge in [-0.25, -0.2) is 0 Å². The summed E-state index contributed by atoms with van der Waals surface area (Å²) in [5, 5.41) is 11.2. The van der Waals surface area contributed by atoms with Gasteiger partial charge in [-0.05, 0) is 56.0 Å². The maximum Gasteiger partial charge on any atom is 0.255 e. The number of amides is 1. The summed E-state index contributed by atoms with van der Waals surface area (Å²) in [6, 6.07) is 8.58. The molecular formula is C21H25N3O2S. The van der Waals surface area contributed by atoms with E-state index < -0.39 is 0 Å². The topological polar surface area (TPSA) is 56.2 Å². The van der Waals surface area contributed by atoms with Crippen molar-refractivity contribution in [2.75, 3.05) is 13.2 Å². The number of carbonyl (C=O) groups excluding carboxylic acids is 1. The second-order valence-electron chi connectivity index (χ2n) is 7.22. The van der Waals surface area contributed by atoms with Gasteiger partial charge in [0, 0.05) is 23.6 Å². The highest BCUT2D eigenvalue weighted by Gasteiger charge is 2.25. The fraction of sp³-hybridized carbons (Fsp3) is 0.429. The van der Waals surface area contributed by atoms with Crippen molar-refractivity contribution in [1.82, 2.24) is 15.1 Å². The minimum atomic E-state index is -0.0566. The second-order valence-corrected chi connectivity index (χ2v) is 8.13. The van der Waals surface area contributed by atoms with Crippen molar-refractivity contribution in [3.05, 3.63) is 52.2 Å². The summed E-state index contributed by atoms with van der Waals surface area (Å²) < 4.78 is 8.72. The molecule has 0 saturated carbocycles. The minimum absolute atomic E-state index is 0.0499. The predicted octanol–water partition coefficient (Wildman–Crippen LogP) is 4.56. The number of ether oxygens (including phenoxy) is 1. The van der Waals surface area contributed by atoms with Crippen molar-refractivity contribution in [3.8, 4) is 0 Å². The molecule has 4 rings (SSSR count). The van der Waals surface area contributed by atoms with Gasteiger partial charge in [-0.2, -0.15) is 5.10 Å². The van der Waals surface area contributed by atoms with Crippen molar-refractivity contribution in [2.24, 2.45) is 0 Å². The van der Waals surface area contributed by atoms with E-state index in [-0.39, 0.29) is 11.9 Å². The zero-order valence-corrected chi connectivity index (χ0v) is 16.8. The van der Waals surface area contributed by atoms with Crippen LogP contribution in [-0.2, 0) is 4.74 Å². The van der Waals surface area contributed by atoms with Crippen molar-refractivity contribution < 1.29 is 9.53 Å². The van der Waals surface area contributed by atoms with Crippen LogP contribution in [0.15, 0.2) is 29.6 Å². The van der Waals surface area contributed by atoms with Gasteiger partial charge in [0.2, 0.25) is 0 Å². The van der Waals surface area contributed by atoms with Crippen molar-refractivity contribution in [3.63, 3.8) is 0 Å². The lowest BCUT2D eigenvalue weighted by Gasteiger charge is -2.23. The Bertz CT molecular complexity index is 969. The van der Waals surface area contributed by atoms with E-state index in [1.807, 2.05) is 37.6 Å². The van der Waals surface area contributed by atoms with E-state index in [0.717, 1.165) is 43.0 Å². The first-order valence-electron chi connectivity index (χ1n) is 9.46. The minimum Gasteiger partial charge on any atom is -0.381 e. The average molecular weight is 384 g/mol. The Labute approximate surface area is 163 Å². The summed E-state index contributed by atoms with van der Waals surface area (Å²) in [6.45, 7) is 7.47. The van der Waals surface area contributed by atoms with Crippen LogP contribution in [0.25, 0.3) is 10.1 Å². The monoisotopic (exact) mass is 383 g/mol. The molecule has 1 aliphatic heterocycles. The molecule has 1 saturated heterocycles. The highest BCUT2D eigenvalue weighted by Crippen LogP contribution is 2.31. The molecule has 1 atom stereocenters. The molecule has 1 fully saturated rings. The number of hydrogen-bond donors (Lipinski definition) is 1. The molecule has 0 aliphatic carbocycles. The van der Waals surface area contributed by atoms with Crippen molar-refractivity contribution in [1.29, 1.82) is 0 Å². The first kappa shape index (κ1) is 18.2. The summed E-state index contributed by atoms with van der Waals surface area (Å²) >= 11 is 1.71. The Morgan fingerprint density at radius 2 is 2.04 bits per heavy atom. The van der Waals surface area contributed by atoms with Crippen LogP contribution in [0.5, 0.6) is 0 Å². The SMILES string of the molecule is Cc1nn(C2CCOCC2)c(C)c1C(=O)N[C@H](C)c1csc2ccccc12. The van der Waals surface area contributed by atoms with E-state index in [9.17, 15) is 4.79 Å². The fourth-order valence-electron chi connectivity index (χ4n) is 3.96. The number of benzene rings is 1. The molecule has 0 spiro atoms. The third-order valence-corrected chi connectivity index (χ3v) is 6.40. The largest absolute Gasteiger partial charge is 0.381 e. The Hall–Kier alpha value is -2.18. The van der Waals surface area contributed by atoms with Crippen molar-refractivity contribution >= 4 is 27.3 Å². The maximum atomic E-state index is 13.0. The van der Waals surface area contributed by atoms with Gasteiger partial charge in [-0.15, -0.1) is 11.3 Å². The van der Waals surface area contributed by atoms with Crippen LogP contribution in [0.4, 0.5) is 0 Å². The number of rotatable bonds is 4. The number of aromatic nitrogens is 2. The van der Waals surface area contributed by atoms with E-state index in [1.54, 1.807) is 11.3 Å². The Balaban J connectivity index is 1.57. The van der Waals surface area contributed by atoms with Gasteiger partial charge in [0.15, 0.2) is 0 Å². The molecular weight excluding hydrogens is 358 g/mol. The normalized spacial score (nSPS) is 16.6. The smallest absolute Gasteiger partial charge is 0.255 e. The lowest BCUT2D eigenvalue weighted by molar-refractivity contribution is 0.0655. The molecule has 5 nitrogen and oxygen atoms in total. The lowest BCUT2D eigenvalue weighted by Crippen LogP contribution is -2.28. The molecule has 1 N–H and O–H groups in total. The molecule has 1 amide bonds. The molecule has 0 radical (unpaired) electrons. The first-order chi connectivity index (χ1) is 13.1. The number of fused-ring (bicyclic) bond motifs is 1. The number of nitrogens with one attached hydrogen (secondary N) is 1. The fourth-order valence-corrected chi connectivity index (χ4v) is 5.01. The van der Waals surface area contributed by atoms with Crippen LogP contribution in [0, 0.1) is 13.8 Å². The van der Waals surface area contributed by atoms with Gasteiger partial charge in [0.05, 0.1) is 23.3 Å². The van der Waals surface area contributed by atoms with E-state index in [4.69, 9.17) is 4.74 Å². The van der Waals surface area contributed by atoms with Gasteiger partial charge in [-0.3, -0.25) is 9.48 Å². The van der Waals surface area contributed by atoms with Crippen LogP contribution in [0.3, 0.4) is 0 Å². The lowest BCUT2D eigenvalue weighted by atomic mass is 10.1. The third-order valence-electron chi connectivity index (χ3n) is 5.41. The van der Waals surface area contributed by atoms with Crippen LogP contribution in [0.2, 0.25) is 0 Å². The molecule has 1 aromatic carbocycles. The molecule has 0 unspecified atom stereocenters. The van der Waals surface area contributed by atoms with Crippen LogP contribution in [0.1, 0.15) is 59.2 Å². The molecule has 3 aromatic rings. The summed E-state index contributed by atoms with van der Waals surface area (Å²) in [7, 11) is 0. The van der Waals surface area contributed by atoms with Gasteiger partial charge in [0.1, 0.15) is 0 Å². The van der Waals surface area contributed by atoms with Crippen LogP contribution >= 0.6 is 11.3 Å². The standard InChI is InChI=1S/C21H25N3O2S/c1-13(18-12-27-19-7-5-4-6-17(18)19)22-21(25)20-14(2)23-24(15(20)3)16-8-10-26-11-9-16/h4-7,12-13,16H,8-11H2,1-3H3,(H,22,25)/t13-/m1/s1. The number of aryl methyl sites for hydroxylation is 1. The zero-order valence-electron chi connectivity index (χ0n) is 16.0. The summed E-state index contributed by atoms with van der Waals surface area (Å²) in [4.78, 5) is 13.0. The molecule has 142 valence electrons. The highest BCUT2D eigenvalue weighted by atomic mass is 32.1. The van der Waals surface area contributed by atoms with Crippen LogP contribution < -0.4 is 5.32 Å². The van der Waals surface area contributed by atoms with Gasteiger partial charge < -0.3 is 10.1 Å². The predicted molar refractivity (Wildman–Crippen MR) is 108 cm³/mol. The number of hydrogen-bond acceptors (Lipinski definition) is 4. The Morgan fingerprint density at radius 1 is 1.30 bits per heavy atom. The summed E-state index contributed by atoms with van der Waals surface area (Å²) in [5.41, 5.74) is 3.60. The molecule has 0 bridgehead atoms. The number of thiophene rings is 1. The maximum absolute atomic E-state index is 13.0. The molecule has 27 heavy (non-hydrogen) atoms. The Morgan fingerprint density at radius 3 is 2.81 bits per heavy atom. The molecule has 2 aromatic heterocycles. The third kappa shape index (κ3) is 3.39. The number of nitrogens with zero attached hydrogens (tertiary/aromatic N) is 2. The number of carbonyl (C=O) groups is 1. The highest BCUT2D eigenvalue weighted by molar-refractivity contribution is 7.17. The van der Waals surface area contributed by atoms with Gasteiger partial charge in [-0.1, -0.05) is 18.2 Å². The van der Waals surface area contributed by atoms with E-state index in [0.29, 0.717) is 11.6 Å². The zero-order chi connectivity index (χ0) is 19.0. The first-order valence-corrected chi connectivity index (χ1v) is 10.3. The van der Waals surface area contributed by atoms with E-state index in [1.165, 1.54) is 10.1 Å². The second kappa shape index (κ2) is 7.44. The van der Waals surface area contributed by atoms with E-state index >= 15 is 0 Å². The molecule has 6 heteroatoms. The van der Waals surface area contributed by atoms with Gasteiger partial charge in [0.25, 0.3) is 5.91 Å². The molecule has 1 aliphatic rings. The quantitative estimate of drug-likeness (QED) is 0.719. The molecule has 3 heterocycles. The van der Waals surface area contributed by atoms with Crippen LogP contribution in [-0.4, -0.2) is 28.9 Å². The van der Waals surface area contributed by atoms with Gasteiger partial charge >= 0.3 is 0 Å². The Kier molecular flexibility index (Phi) is 5.02. The average Bonchev–Trinajstić information content (AvgIpc) is 3.23.